The summed E-state index contributed by atoms with van der Waals surface area (Å²) in [6, 6.07) is 0. The lowest BCUT2D eigenvalue weighted by atomic mass is 10.5. The van der Waals surface area contributed by atoms with Gasteiger partial charge in [0, 0.05) is 13.1 Å². The van der Waals surface area contributed by atoms with Crippen LogP contribution in [-0.2, 0) is 4.79 Å². The standard InChI is InChI=1S/C7H13N3O/c1-2-5-9(7-11)10-6-3-4-8-10/h2,7-8H,1,3-6H2. The molecule has 1 aliphatic rings. The van der Waals surface area contributed by atoms with E-state index in [2.05, 4.69) is 12.0 Å². The SMILES string of the molecule is C=CCN(C=O)N1CCCN1. The van der Waals surface area contributed by atoms with Crippen molar-refractivity contribution in [2.24, 2.45) is 0 Å². The Morgan fingerprint density at radius 1 is 1.73 bits per heavy atom. The third-order valence-electron chi connectivity index (χ3n) is 1.59. The quantitative estimate of drug-likeness (QED) is 0.449. The van der Waals surface area contributed by atoms with Crippen molar-refractivity contribution < 1.29 is 4.79 Å². The summed E-state index contributed by atoms with van der Waals surface area (Å²) in [5.41, 5.74) is 3.07. The summed E-state index contributed by atoms with van der Waals surface area (Å²) < 4.78 is 0. The van der Waals surface area contributed by atoms with Crippen molar-refractivity contribution in [3.05, 3.63) is 12.7 Å². The van der Waals surface area contributed by atoms with Crippen molar-refractivity contribution in [3.63, 3.8) is 0 Å². The number of hydrogen-bond donors (Lipinski definition) is 1. The number of rotatable bonds is 4. The predicted molar refractivity (Wildman–Crippen MR) is 42.3 cm³/mol. The summed E-state index contributed by atoms with van der Waals surface area (Å²) >= 11 is 0. The summed E-state index contributed by atoms with van der Waals surface area (Å²) in [7, 11) is 0. The van der Waals surface area contributed by atoms with Gasteiger partial charge in [-0.15, -0.1) is 6.58 Å². The molecule has 1 aliphatic heterocycles. The maximum absolute atomic E-state index is 10.5. The maximum atomic E-state index is 10.5. The Morgan fingerprint density at radius 2 is 2.55 bits per heavy atom. The molecule has 1 rings (SSSR count). The molecule has 0 bridgehead atoms. The number of hydrogen-bond acceptors (Lipinski definition) is 3. The predicted octanol–water partition coefficient (Wildman–Crippen LogP) is -0.244. The zero-order valence-corrected chi connectivity index (χ0v) is 6.49. The van der Waals surface area contributed by atoms with E-state index in [-0.39, 0.29) is 0 Å². The lowest BCUT2D eigenvalue weighted by Crippen LogP contribution is -2.46. The van der Waals surface area contributed by atoms with E-state index in [1.165, 1.54) is 0 Å². The number of amides is 1. The smallest absolute Gasteiger partial charge is 0.225 e. The van der Waals surface area contributed by atoms with Gasteiger partial charge in [-0.3, -0.25) is 9.80 Å². The highest BCUT2D eigenvalue weighted by Gasteiger charge is 2.15. The van der Waals surface area contributed by atoms with Gasteiger partial charge in [-0.05, 0) is 6.42 Å². The van der Waals surface area contributed by atoms with Crippen LogP contribution in [0.4, 0.5) is 0 Å². The Bertz CT molecular complexity index is 143. The summed E-state index contributed by atoms with van der Waals surface area (Å²) in [6.07, 6.45) is 3.59. The van der Waals surface area contributed by atoms with Crippen LogP contribution in [0.1, 0.15) is 6.42 Å². The Kier molecular flexibility index (Phi) is 3.07. The molecular formula is C7H13N3O. The first kappa shape index (κ1) is 8.23. The van der Waals surface area contributed by atoms with Crippen LogP contribution in [0, 0.1) is 0 Å². The molecule has 1 fully saturated rings. The first-order valence-corrected chi connectivity index (χ1v) is 3.72. The molecule has 62 valence electrons. The van der Waals surface area contributed by atoms with Gasteiger partial charge in [-0.2, -0.15) is 5.12 Å². The molecular weight excluding hydrogens is 142 g/mol. The molecule has 0 aromatic heterocycles. The van der Waals surface area contributed by atoms with Crippen molar-refractivity contribution in [2.75, 3.05) is 19.6 Å². The van der Waals surface area contributed by atoms with E-state index < -0.39 is 0 Å². The van der Waals surface area contributed by atoms with E-state index >= 15 is 0 Å². The Balaban J connectivity index is 2.39. The largest absolute Gasteiger partial charge is 0.277 e. The van der Waals surface area contributed by atoms with E-state index in [1.807, 2.05) is 5.12 Å². The summed E-state index contributed by atoms with van der Waals surface area (Å²) in [5.74, 6) is 0. The minimum atomic E-state index is 0.566. The molecule has 0 radical (unpaired) electrons. The second-order valence-corrected chi connectivity index (χ2v) is 2.40. The fourth-order valence-corrected chi connectivity index (χ4v) is 1.07. The van der Waals surface area contributed by atoms with Crippen LogP contribution in [0.3, 0.4) is 0 Å². The van der Waals surface area contributed by atoms with Gasteiger partial charge in [0.05, 0.1) is 6.54 Å². The molecule has 0 unspecified atom stereocenters. The molecule has 1 saturated heterocycles. The Labute approximate surface area is 66.4 Å². The molecule has 1 N–H and O–H groups in total. The number of carbonyl (C=O) groups is 1. The van der Waals surface area contributed by atoms with E-state index in [0.29, 0.717) is 6.54 Å². The van der Waals surface area contributed by atoms with Gasteiger partial charge in [-0.1, -0.05) is 6.08 Å². The molecule has 4 heteroatoms. The third-order valence-corrected chi connectivity index (χ3v) is 1.59. The second-order valence-electron chi connectivity index (χ2n) is 2.40. The van der Waals surface area contributed by atoms with Gasteiger partial charge in [0.2, 0.25) is 6.41 Å². The van der Waals surface area contributed by atoms with Crippen molar-refractivity contribution in [2.45, 2.75) is 6.42 Å². The number of nitrogens with zero attached hydrogens (tertiary/aromatic N) is 2. The molecule has 4 nitrogen and oxygen atoms in total. The van der Waals surface area contributed by atoms with Gasteiger partial charge < -0.3 is 0 Å². The van der Waals surface area contributed by atoms with Gasteiger partial charge >= 0.3 is 0 Å². The monoisotopic (exact) mass is 155 g/mol. The summed E-state index contributed by atoms with van der Waals surface area (Å²) in [5, 5.41) is 3.38. The molecule has 0 aliphatic carbocycles. The fourth-order valence-electron chi connectivity index (χ4n) is 1.07. The van der Waals surface area contributed by atoms with Crippen molar-refractivity contribution >= 4 is 6.41 Å². The van der Waals surface area contributed by atoms with E-state index in [4.69, 9.17) is 0 Å². The number of nitrogens with one attached hydrogen (secondary N) is 1. The lowest BCUT2D eigenvalue weighted by molar-refractivity contribution is -0.135. The van der Waals surface area contributed by atoms with Crippen LogP contribution < -0.4 is 5.43 Å². The van der Waals surface area contributed by atoms with Crippen molar-refractivity contribution in [1.29, 1.82) is 0 Å². The van der Waals surface area contributed by atoms with Crippen LogP contribution in [0.25, 0.3) is 0 Å². The Hall–Kier alpha value is -0.870. The molecule has 11 heavy (non-hydrogen) atoms. The third kappa shape index (κ3) is 2.03. The maximum Gasteiger partial charge on any atom is 0.225 e. The highest BCUT2D eigenvalue weighted by Crippen LogP contribution is 1.99. The first-order valence-electron chi connectivity index (χ1n) is 3.72. The molecule has 0 aromatic carbocycles. The van der Waals surface area contributed by atoms with E-state index in [1.54, 1.807) is 11.1 Å². The van der Waals surface area contributed by atoms with Crippen molar-refractivity contribution in [3.8, 4) is 0 Å². The molecule has 1 heterocycles. The minimum Gasteiger partial charge on any atom is -0.277 e. The first-order chi connectivity index (χ1) is 5.38. The van der Waals surface area contributed by atoms with Crippen LogP contribution in [-0.4, -0.2) is 36.2 Å². The Morgan fingerprint density at radius 3 is 3.00 bits per heavy atom. The lowest BCUT2D eigenvalue weighted by Gasteiger charge is -2.25. The van der Waals surface area contributed by atoms with Gasteiger partial charge in [0.1, 0.15) is 0 Å². The van der Waals surface area contributed by atoms with Gasteiger partial charge in [-0.25, -0.2) is 5.43 Å². The molecule has 0 aromatic rings. The highest BCUT2D eigenvalue weighted by molar-refractivity contribution is 5.46. The van der Waals surface area contributed by atoms with Crippen molar-refractivity contribution in [1.82, 2.24) is 15.6 Å². The molecule has 1 amide bonds. The zero-order chi connectivity index (χ0) is 8.10. The number of carbonyl (C=O) groups excluding carboxylic acids is 1. The molecule has 0 saturated carbocycles. The second kappa shape index (κ2) is 4.10. The van der Waals surface area contributed by atoms with Crippen LogP contribution in [0.15, 0.2) is 12.7 Å². The minimum absolute atomic E-state index is 0.566. The molecule has 0 atom stereocenters. The van der Waals surface area contributed by atoms with Crippen LogP contribution in [0.2, 0.25) is 0 Å². The zero-order valence-electron chi connectivity index (χ0n) is 6.49. The van der Waals surface area contributed by atoms with E-state index in [0.717, 1.165) is 25.9 Å². The van der Waals surface area contributed by atoms with Crippen LogP contribution >= 0.6 is 0 Å². The number of hydrazine groups is 2. The average molecular weight is 155 g/mol. The normalized spacial score (nSPS) is 18.2. The van der Waals surface area contributed by atoms with Gasteiger partial charge in [0.15, 0.2) is 0 Å². The van der Waals surface area contributed by atoms with Crippen LogP contribution in [0.5, 0.6) is 0 Å². The average Bonchev–Trinajstić information content (AvgIpc) is 2.52. The van der Waals surface area contributed by atoms with E-state index in [9.17, 15) is 4.79 Å². The fraction of sp³-hybridized carbons (Fsp3) is 0.571. The highest BCUT2D eigenvalue weighted by atomic mass is 16.2. The topological polar surface area (TPSA) is 35.6 Å². The summed E-state index contributed by atoms with van der Waals surface area (Å²) in [6.45, 7) is 5.97. The molecule has 0 spiro atoms. The van der Waals surface area contributed by atoms with Gasteiger partial charge in [0.25, 0.3) is 0 Å². The summed E-state index contributed by atoms with van der Waals surface area (Å²) in [4.78, 5) is 10.5.